The molecular weight excluding hydrogens is 407 g/mol. The van der Waals surface area contributed by atoms with E-state index in [1.165, 1.54) is 6.07 Å². The number of nitrogens with zero attached hydrogens (tertiary/aromatic N) is 4. The highest BCUT2D eigenvalue weighted by Crippen LogP contribution is 2.42. The van der Waals surface area contributed by atoms with Crippen molar-refractivity contribution in [3.8, 4) is 11.5 Å². The Morgan fingerprint density at radius 3 is 2.78 bits per heavy atom. The van der Waals surface area contributed by atoms with Crippen molar-refractivity contribution in [3.05, 3.63) is 47.8 Å². The van der Waals surface area contributed by atoms with Crippen molar-refractivity contribution in [2.24, 2.45) is 0 Å². The molecule has 1 N–H and O–H groups in total. The normalized spacial score (nSPS) is 15.8. The van der Waals surface area contributed by atoms with Crippen LogP contribution >= 0.6 is 0 Å². The Balaban J connectivity index is 1.78. The number of aldehydes is 1. The number of imidazole rings is 1. The fraction of sp³-hybridized carbons (Fsp3) is 0.360. The Morgan fingerprint density at radius 2 is 2.06 bits per heavy atom. The van der Waals surface area contributed by atoms with Gasteiger partial charge in [-0.05, 0) is 44.0 Å². The number of aromatic nitrogens is 3. The van der Waals surface area contributed by atoms with E-state index in [9.17, 15) is 14.3 Å². The summed E-state index contributed by atoms with van der Waals surface area (Å²) in [6, 6.07) is 11.6. The molecule has 0 aliphatic carbocycles. The van der Waals surface area contributed by atoms with Crippen molar-refractivity contribution >= 4 is 33.9 Å². The van der Waals surface area contributed by atoms with E-state index in [2.05, 4.69) is 40.7 Å². The van der Waals surface area contributed by atoms with Gasteiger partial charge in [-0.15, -0.1) is 0 Å². The van der Waals surface area contributed by atoms with Gasteiger partial charge in [0.05, 0.1) is 28.5 Å². The molecule has 0 saturated carbocycles. The maximum absolute atomic E-state index is 14.9. The molecule has 3 heterocycles. The molecule has 1 atom stereocenters. The van der Waals surface area contributed by atoms with Gasteiger partial charge < -0.3 is 19.1 Å². The monoisotopic (exact) mass is 434 g/mol. The summed E-state index contributed by atoms with van der Waals surface area (Å²) in [5, 5.41) is 10.5. The highest BCUT2D eigenvalue weighted by atomic mass is 19.1. The third-order valence-corrected chi connectivity index (χ3v) is 6.53. The highest BCUT2D eigenvalue weighted by molar-refractivity contribution is 5.97. The fourth-order valence-corrected chi connectivity index (χ4v) is 5.10. The third kappa shape index (κ3) is 3.03. The van der Waals surface area contributed by atoms with Crippen LogP contribution in [0.15, 0.2) is 36.4 Å². The smallest absolute Gasteiger partial charge is 0.157 e. The number of para-hydroxylation sites is 1. The quantitative estimate of drug-likeness (QED) is 0.425. The Morgan fingerprint density at radius 1 is 1.22 bits per heavy atom. The molecule has 0 saturated heterocycles. The zero-order chi connectivity index (χ0) is 22.4. The number of hydrogen-bond donors (Lipinski definition) is 1. The molecule has 0 amide bonds. The number of hydrogen-bond acceptors (Lipinski definition) is 4. The molecule has 5 rings (SSSR count). The Bertz CT molecular complexity index is 1320. The third-order valence-electron chi connectivity index (χ3n) is 6.53. The SMILES string of the molecule is CC[C@H]1CN(CCCO)c2cccc3cc(-c4nc5cc(C=O)cc(F)c5n4CC)n1c23. The standard InChI is InChI=1S/C25H27FN4O2/c1-3-18-14-28(9-6-10-31)21-8-5-7-17-13-22(30(18)23(17)21)25-27-20-12-16(15-32)11-19(26)24(20)29(25)4-2/h5,7-8,11-13,15,18,31H,3-4,6,9-10,14H2,1-2H3/t18-/m0/s1. The first-order chi connectivity index (χ1) is 15.6. The number of carbonyl (C=O) groups is 1. The molecule has 0 spiro atoms. The van der Waals surface area contributed by atoms with E-state index in [0.29, 0.717) is 29.7 Å². The molecule has 166 valence electrons. The zero-order valence-corrected chi connectivity index (χ0v) is 18.4. The summed E-state index contributed by atoms with van der Waals surface area (Å²) in [5.41, 5.74) is 4.49. The van der Waals surface area contributed by atoms with Gasteiger partial charge in [0.25, 0.3) is 0 Å². The van der Waals surface area contributed by atoms with Crippen LogP contribution in [0.2, 0.25) is 0 Å². The topological polar surface area (TPSA) is 63.3 Å². The molecule has 1 aliphatic heterocycles. The Kier molecular flexibility index (Phi) is 5.21. The first-order valence-electron chi connectivity index (χ1n) is 11.3. The van der Waals surface area contributed by atoms with Gasteiger partial charge in [0.2, 0.25) is 0 Å². The molecule has 7 heteroatoms. The molecule has 1 aliphatic rings. The van der Waals surface area contributed by atoms with Crippen molar-refractivity contribution in [2.75, 3.05) is 24.6 Å². The summed E-state index contributed by atoms with van der Waals surface area (Å²) < 4.78 is 19.2. The number of rotatable bonds is 7. The van der Waals surface area contributed by atoms with Crippen LogP contribution in [0.1, 0.15) is 43.1 Å². The van der Waals surface area contributed by atoms with Crippen molar-refractivity contribution in [3.63, 3.8) is 0 Å². The van der Waals surface area contributed by atoms with Crippen LogP contribution in [0, 0.1) is 5.82 Å². The van der Waals surface area contributed by atoms with Crippen LogP contribution < -0.4 is 4.90 Å². The van der Waals surface area contributed by atoms with Crippen molar-refractivity contribution in [1.82, 2.24) is 14.1 Å². The van der Waals surface area contributed by atoms with Crippen molar-refractivity contribution < 1.29 is 14.3 Å². The minimum absolute atomic E-state index is 0.171. The van der Waals surface area contributed by atoms with Crippen LogP contribution in [0.5, 0.6) is 0 Å². The fourth-order valence-electron chi connectivity index (χ4n) is 5.10. The lowest BCUT2D eigenvalue weighted by Gasteiger charge is -2.36. The minimum Gasteiger partial charge on any atom is -0.396 e. The van der Waals surface area contributed by atoms with Crippen LogP contribution in [0.3, 0.4) is 0 Å². The van der Waals surface area contributed by atoms with Gasteiger partial charge in [-0.25, -0.2) is 9.37 Å². The first kappa shape index (κ1) is 20.7. The molecular formula is C25H27FN4O2. The van der Waals surface area contributed by atoms with E-state index >= 15 is 0 Å². The zero-order valence-electron chi connectivity index (χ0n) is 18.4. The van der Waals surface area contributed by atoms with Gasteiger partial charge >= 0.3 is 0 Å². The van der Waals surface area contributed by atoms with E-state index in [-0.39, 0.29) is 18.2 Å². The highest BCUT2D eigenvalue weighted by Gasteiger charge is 2.30. The Labute approximate surface area is 185 Å². The second-order valence-corrected chi connectivity index (χ2v) is 8.37. The van der Waals surface area contributed by atoms with Gasteiger partial charge in [0.1, 0.15) is 17.6 Å². The van der Waals surface area contributed by atoms with Gasteiger partial charge in [-0.1, -0.05) is 19.1 Å². The molecule has 0 radical (unpaired) electrons. The largest absolute Gasteiger partial charge is 0.396 e. The van der Waals surface area contributed by atoms with E-state index in [0.717, 1.165) is 48.2 Å². The molecule has 0 fully saturated rings. The van der Waals surface area contributed by atoms with Crippen molar-refractivity contribution in [1.29, 1.82) is 0 Å². The lowest BCUT2D eigenvalue weighted by Crippen LogP contribution is -2.36. The predicted molar refractivity (Wildman–Crippen MR) is 125 cm³/mol. The minimum atomic E-state index is -0.428. The first-order valence-corrected chi connectivity index (χ1v) is 11.3. The average molecular weight is 435 g/mol. The second-order valence-electron chi connectivity index (χ2n) is 8.37. The number of aliphatic hydroxyl groups excluding tert-OH is 1. The van der Waals surface area contributed by atoms with Crippen LogP contribution in [-0.4, -0.2) is 45.2 Å². The molecule has 0 bridgehead atoms. The van der Waals surface area contributed by atoms with E-state index in [4.69, 9.17) is 4.98 Å². The van der Waals surface area contributed by atoms with Crippen LogP contribution in [0.25, 0.3) is 33.5 Å². The molecule has 4 aromatic rings. The number of benzene rings is 2. The Hall–Kier alpha value is -3.19. The molecule has 2 aromatic heterocycles. The van der Waals surface area contributed by atoms with Gasteiger partial charge in [0.15, 0.2) is 5.82 Å². The van der Waals surface area contributed by atoms with Crippen LogP contribution in [0.4, 0.5) is 10.1 Å². The van der Waals surface area contributed by atoms with Gasteiger partial charge in [-0.2, -0.15) is 0 Å². The van der Waals surface area contributed by atoms with E-state index in [1.807, 2.05) is 11.5 Å². The second kappa shape index (κ2) is 8.06. The lowest BCUT2D eigenvalue weighted by molar-refractivity contribution is 0.112. The maximum Gasteiger partial charge on any atom is 0.157 e. The summed E-state index contributed by atoms with van der Waals surface area (Å²) in [6.07, 6.45) is 2.32. The lowest BCUT2D eigenvalue weighted by atomic mass is 10.1. The van der Waals surface area contributed by atoms with E-state index < -0.39 is 5.82 Å². The van der Waals surface area contributed by atoms with Gasteiger partial charge in [0, 0.05) is 37.2 Å². The molecule has 0 unspecified atom stereocenters. The number of aliphatic hydroxyl groups is 1. The number of carbonyl (C=O) groups excluding carboxylic acids is 1. The average Bonchev–Trinajstić information content (AvgIpc) is 3.38. The maximum atomic E-state index is 14.9. The summed E-state index contributed by atoms with van der Waals surface area (Å²) in [7, 11) is 0. The van der Waals surface area contributed by atoms with Gasteiger partial charge in [-0.3, -0.25) is 4.79 Å². The molecule has 6 nitrogen and oxygen atoms in total. The molecule has 32 heavy (non-hydrogen) atoms. The number of halogens is 1. The van der Waals surface area contributed by atoms with E-state index in [1.54, 1.807) is 6.07 Å². The summed E-state index contributed by atoms with van der Waals surface area (Å²) >= 11 is 0. The number of anilines is 1. The summed E-state index contributed by atoms with van der Waals surface area (Å²) in [5.74, 6) is 0.289. The number of fused-ring (bicyclic) bond motifs is 1. The number of aryl methyl sites for hydroxylation is 1. The van der Waals surface area contributed by atoms with Crippen LogP contribution in [-0.2, 0) is 6.54 Å². The van der Waals surface area contributed by atoms with Crippen molar-refractivity contribution in [2.45, 2.75) is 39.3 Å². The summed E-state index contributed by atoms with van der Waals surface area (Å²) in [6.45, 7) is 6.55. The summed E-state index contributed by atoms with van der Waals surface area (Å²) in [4.78, 5) is 18.4. The molecule has 2 aromatic carbocycles. The predicted octanol–water partition coefficient (Wildman–Crippen LogP) is 4.78.